The minimum absolute atomic E-state index is 0.512. The molecule has 0 aliphatic rings. The van der Waals surface area contributed by atoms with Crippen LogP contribution in [0.5, 0.6) is 0 Å². The van der Waals surface area contributed by atoms with Gasteiger partial charge in [-0.25, -0.2) is 4.98 Å². The first-order valence-electron chi connectivity index (χ1n) is 2.63. The molecule has 0 spiro atoms. The molecule has 0 amide bonds. The van der Waals surface area contributed by atoms with Crippen molar-refractivity contribution in [1.82, 2.24) is 4.98 Å². The van der Waals surface area contributed by atoms with E-state index in [1.54, 1.807) is 0 Å². The maximum atomic E-state index is 11.9. The molecule has 0 aromatic carbocycles. The van der Waals surface area contributed by atoms with E-state index in [1.165, 1.54) is 0 Å². The van der Waals surface area contributed by atoms with Crippen LogP contribution in [0.1, 0.15) is 16.2 Å². The monoisotopic (exact) mass is 199 g/mol. The van der Waals surface area contributed by atoms with Gasteiger partial charge in [-0.15, -0.1) is 0 Å². The van der Waals surface area contributed by atoms with Gasteiger partial charge < -0.3 is 4.42 Å². The quantitative estimate of drug-likeness (QED) is 0.651. The normalized spacial score (nSPS) is 11.7. The smallest absolute Gasteiger partial charge is 0.438 e. The first kappa shape index (κ1) is 9.05. The summed E-state index contributed by atoms with van der Waals surface area (Å²) in [5, 5.41) is -1.30. The Morgan fingerprint density at radius 2 is 2.17 bits per heavy atom. The summed E-state index contributed by atoms with van der Waals surface area (Å²) >= 11 is 4.79. The molecule has 1 heterocycles. The Morgan fingerprint density at radius 3 is 2.50 bits per heavy atom. The number of hydrogen-bond donors (Lipinski definition) is 0. The molecule has 12 heavy (non-hydrogen) atoms. The summed E-state index contributed by atoms with van der Waals surface area (Å²) in [6, 6.07) is 0. The van der Waals surface area contributed by atoms with E-state index in [-0.39, 0.29) is 0 Å². The van der Waals surface area contributed by atoms with Crippen LogP contribution in [0.4, 0.5) is 13.2 Å². The largest absolute Gasteiger partial charge is 0.452 e. The predicted molar refractivity (Wildman–Crippen MR) is 31.7 cm³/mol. The molecular formula is C5HClF3NO2. The fraction of sp³-hybridized carbons (Fsp3) is 0.200. The third kappa shape index (κ3) is 1.58. The lowest BCUT2D eigenvalue weighted by Crippen LogP contribution is -2.08. The van der Waals surface area contributed by atoms with Gasteiger partial charge in [-0.2, -0.15) is 13.2 Å². The molecular weight excluding hydrogens is 199 g/mol. The highest BCUT2D eigenvalue weighted by Gasteiger charge is 2.40. The third-order valence-electron chi connectivity index (χ3n) is 1.01. The molecule has 0 fully saturated rings. The van der Waals surface area contributed by atoms with Crippen LogP contribution >= 0.6 is 11.6 Å². The number of rotatable bonds is 1. The highest BCUT2D eigenvalue weighted by molar-refractivity contribution is 6.67. The van der Waals surface area contributed by atoms with Gasteiger partial charge in [0.05, 0.1) is 0 Å². The SMILES string of the molecule is O=C(Cl)c1ncoc1C(F)(F)F. The number of alkyl halides is 3. The fourth-order valence-corrected chi connectivity index (χ4v) is 0.722. The molecule has 1 aromatic heterocycles. The molecule has 0 unspecified atom stereocenters. The lowest BCUT2D eigenvalue weighted by Gasteiger charge is -2.00. The first-order valence-corrected chi connectivity index (χ1v) is 3.01. The Kier molecular flexibility index (Phi) is 2.10. The maximum Gasteiger partial charge on any atom is 0.452 e. The molecule has 0 saturated heterocycles. The zero-order valence-corrected chi connectivity index (χ0v) is 6.11. The van der Waals surface area contributed by atoms with Crippen molar-refractivity contribution in [2.75, 3.05) is 0 Å². The highest BCUT2D eigenvalue weighted by atomic mass is 35.5. The number of halogens is 4. The van der Waals surface area contributed by atoms with E-state index < -0.39 is 22.9 Å². The Bertz CT molecular complexity index is 306. The molecule has 1 rings (SSSR count). The van der Waals surface area contributed by atoms with E-state index in [9.17, 15) is 18.0 Å². The summed E-state index contributed by atoms with van der Waals surface area (Å²) in [5.74, 6) is -1.47. The van der Waals surface area contributed by atoms with Gasteiger partial charge in [0.2, 0.25) is 5.76 Å². The lowest BCUT2D eigenvalue weighted by atomic mass is 10.3. The van der Waals surface area contributed by atoms with E-state index >= 15 is 0 Å². The van der Waals surface area contributed by atoms with E-state index in [0.29, 0.717) is 6.39 Å². The molecule has 0 aliphatic heterocycles. The summed E-state index contributed by atoms with van der Waals surface area (Å²) in [6.45, 7) is 0. The zero-order chi connectivity index (χ0) is 9.35. The van der Waals surface area contributed by atoms with E-state index in [4.69, 9.17) is 11.6 Å². The second kappa shape index (κ2) is 2.78. The molecule has 0 atom stereocenters. The third-order valence-corrected chi connectivity index (χ3v) is 1.19. The van der Waals surface area contributed by atoms with Crippen molar-refractivity contribution >= 4 is 16.8 Å². The van der Waals surface area contributed by atoms with Crippen LogP contribution in [0.25, 0.3) is 0 Å². The number of aromatic nitrogens is 1. The summed E-state index contributed by atoms with van der Waals surface area (Å²) in [5.41, 5.74) is -0.913. The number of carbonyl (C=O) groups is 1. The fourth-order valence-electron chi connectivity index (χ4n) is 0.587. The van der Waals surface area contributed by atoms with Crippen LogP contribution in [0.2, 0.25) is 0 Å². The Labute approximate surface area is 69.1 Å². The van der Waals surface area contributed by atoms with Gasteiger partial charge in [0, 0.05) is 0 Å². The molecule has 0 radical (unpaired) electrons. The molecule has 0 bridgehead atoms. The minimum Gasteiger partial charge on any atom is -0.438 e. The molecule has 0 N–H and O–H groups in total. The van der Waals surface area contributed by atoms with Gasteiger partial charge in [0.15, 0.2) is 12.1 Å². The van der Waals surface area contributed by atoms with Crippen molar-refractivity contribution in [1.29, 1.82) is 0 Å². The van der Waals surface area contributed by atoms with E-state index in [1.807, 2.05) is 0 Å². The molecule has 0 saturated carbocycles. The summed E-state index contributed by atoms with van der Waals surface area (Å²) in [4.78, 5) is 13.3. The van der Waals surface area contributed by atoms with Crippen molar-refractivity contribution in [2.24, 2.45) is 0 Å². The van der Waals surface area contributed by atoms with Crippen LogP contribution in [-0.4, -0.2) is 10.2 Å². The topological polar surface area (TPSA) is 43.1 Å². The highest BCUT2D eigenvalue weighted by Crippen LogP contribution is 2.31. The number of nitrogens with zero attached hydrogens (tertiary/aromatic N) is 1. The zero-order valence-electron chi connectivity index (χ0n) is 5.35. The Balaban J connectivity index is 3.17. The van der Waals surface area contributed by atoms with Crippen LogP contribution in [0, 0.1) is 0 Å². The maximum absolute atomic E-state index is 11.9. The second-order valence-corrected chi connectivity index (χ2v) is 2.14. The molecule has 1 aromatic rings. The number of hydrogen-bond acceptors (Lipinski definition) is 3. The molecule has 3 nitrogen and oxygen atoms in total. The Hall–Kier alpha value is -1.04. The van der Waals surface area contributed by atoms with Crippen molar-refractivity contribution < 1.29 is 22.4 Å². The molecule has 7 heteroatoms. The van der Waals surface area contributed by atoms with Crippen LogP contribution < -0.4 is 0 Å². The Morgan fingerprint density at radius 1 is 1.58 bits per heavy atom. The first-order chi connectivity index (χ1) is 5.43. The van der Waals surface area contributed by atoms with Crippen LogP contribution in [-0.2, 0) is 6.18 Å². The van der Waals surface area contributed by atoms with Crippen molar-refractivity contribution in [3.8, 4) is 0 Å². The van der Waals surface area contributed by atoms with Gasteiger partial charge in [-0.05, 0) is 11.6 Å². The van der Waals surface area contributed by atoms with Crippen molar-refractivity contribution in [3.05, 3.63) is 17.8 Å². The van der Waals surface area contributed by atoms with Gasteiger partial charge in [0.1, 0.15) is 0 Å². The predicted octanol–water partition coefficient (Wildman–Crippen LogP) is 2.07. The summed E-state index contributed by atoms with van der Waals surface area (Å²) < 4.78 is 39.6. The van der Waals surface area contributed by atoms with Gasteiger partial charge in [0.25, 0.3) is 5.24 Å². The molecule has 0 aliphatic carbocycles. The lowest BCUT2D eigenvalue weighted by molar-refractivity contribution is -0.153. The number of carbonyl (C=O) groups excluding carboxylic acids is 1. The average molecular weight is 200 g/mol. The van der Waals surface area contributed by atoms with Gasteiger partial charge in [-0.1, -0.05) is 0 Å². The van der Waals surface area contributed by atoms with Crippen molar-refractivity contribution in [3.63, 3.8) is 0 Å². The standard InChI is InChI=1S/C5HClF3NO2/c6-4(11)2-3(5(7,8)9)12-1-10-2/h1H. The van der Waals surface area contributed by atoms with Gasteiger partial charge >= 0.3 is 6.18 Å². The van der Waals surface area contributed by atoms with Crippen LogP contribution in [0.15, 0.2) is 10.8 Å². The van der Waals surface area contributed by atoms with Crippen molar-refractivity contribution in [2.45, 2.75) is 6.18 Å². The van der Waals surface area contributed by atoms with E-state index in [2.05, 4.69) is 9.40 Å². The average Bonchev–Trinajstić information content (AvgIpc) is 2.30. The van der Waals surface area contributed by atoms with Gasteiger partial charge in [-0.3, -0.25) is 4.79 Å². The minimum atomic E-state index is -4.74. The summed E-state index contributed by atoms with van der Waals surface area (Å²) in [7, 11) is 0. The van der Waals surface area contributed by atoms with E-state index in [0.717, 1.165) is 0 Å². The molecule has 66 valence electrons. The summed E-state index contributed by atoms with van der Waals surface area (Å²) in [6.07, 6.45) is -4.23. The second-order valence-electron chi connectivity index (χ2n) is 1.80. The number of oxazole rings is 1. The van der Waals surface area contributed by atoms with Crippen LogP contribution in [0.3, 0.4) is 0 Å².